The Balaban J connectivity index is 1.70. The molecule has 0 amide bonds. The smallest absolute Gasteiger partial charge is 0.158 e. The summed E-state index contributed by atoms with van der Waals surface area (Å²) in [7, 11) is 0. The predicted octanol–water partition coefficient (Wildman–Crippen LogP) is 5.05. The molecule has 2 saturated heterocycles. The van der Waals surface area contributed by atoms with Crippen LogP contribution in [0.1, 0.15) is 79.1 Å². The Hall–Kier alpha value is -0.420. The average molecular weight is 381 g/mol. The molecule has 0 bridgehead atoms. The van der Waals surface area contributed by atoms with Crippen LogP contribution in [-0.4, -0.2) is 36.5 Å². The summed E-state index contributed by atoms with van der Waals surface area (Å²) in [5, 5.41) is 9.87. The second-order valence-corrected chi connectivity index (χ2v) is 9.65. The predicted molar refractivity (Wildman–Crippen MR) is 107 cm³/mol. The van der Waals surface area contributed by atoms with E-state index in [0.29, 0.717) is 17.8 Å². The van der Waals surface area contributed by atoms with Gasteiger partial charge in [-0.3, -0.25) is 0 Å². The summed E-state index contributed by atoms with van der Waals surface area (Å²) in [6, 6.07) is 0. The maximum Gasteiger partial charge on any atom is 0.158 e. The molecule has 1 N–H and O–H groups in total. The molecule has 1 aliphatic carbocycles. The summed E-state index contributed by atoms with van der Waals surface area (Å²) in [5.74, 6) is 1.50. The summed E-state index contributed by atoms with van der Waals surface area (Å²) in [6.45, 7) is 10.0. The van der Waals surface area contributed by atoms with Gasteiger partial charge in [-0.2, -0.15) is 0 Å². The van der Waals surface area contributed by atoms with Gasteiger partial charge in [-0.05, 0) is 55.3 Å². The molecular formula is C23H40O4. The van der Waals surface area contributed by atoms with E-state index >= 15 is 0 Å². The third-order valence-corrected chi connectivity index (χ3v) is 6.93. The first-order valence-electron chi connectivity index (χ1n) is 11.2. The van der Waals surface area contributed by atoms with Gasteiger partial charge in [-0.15, -0.1) is 0 Å². The van der Waals surface area contributed by atoms with Crippen molar-refractivity contribution in [3.63, 3.8) is 0 Å². The fourth-order valence-corrected chi connectivity index (χ4v) is 5.13. The topological polar surface area (TPSA) is 47.9 Å². The second kappa shape index (κ2) is 9.39. The lowest BCUT2D eigenvalue weighted by Gasteiger charge is -2.36. The SMILES string of the molecule is CCCCC(C)(C)[C@H](C=C[C@H]1[C@@H]2C[C@H](O)O[C@@H]2C[C@@H]1C)OC1CCCCO1. The fourth-order valence-electron chi connectivity index (χ4n) is 5.13. The fraction of sp³-hybridized carbons (Fsp3) is 0.913. The van der Waals surface area contributed by atoms with Crippen molar-refractivity contribution in [2.24, 2.45) is 23.2 Å². The minimum atomic E-state index is -0.577. The van der Waals surface area contributed by atoms with Crippen molar-refractivity contribution in [3.8, 4) is 0 Å². The number of aliphatic hydroxyl groups is 1. The molecule has 2 aliphatic heterocycles. The molecule has 0 spiro atoms. The minimum Gasteiger partial charge on any atom is -0.368 e. The largest absolute Gasteiger partial charge is 0.368 e. The monoisotopic (exact) mass is 380 g/mol. The normalized spacial score (nSPS) is 38.4. The molecule has 4 heteroatoms. The third kappa shape index (κ3) is 5.35. The molecule has 27 heavy (non-hydrogen) atoms. The molecule has 156 valence electrons. The molecule has 3 rings (SSSR count). The molecule has 4 nitrogen and oxygen atoms in total. The van der Waals surface area contributed by atoms with Gasteiger partial charge in [0.1, 0.15) is 0 Å². The molecular weight excluding hydrogens is 340 g/mol. The summed E-state index contributed by atoms with van der Waals surface area (Å²) in [5.41, 5.74) is 0.0836. The maximum absolute atomic E-state index is 9.87. The lowest BCUT2D eigenvalue weighted by Crippen LogP contribution is -2.36. The number of hydrogen-bond acceptors (Lipinski definition) is 4. The highest BCUT2D eigenvalue weighted by Gasteiger charge is 2.46. The van der Waals surface area contributed by atoms with Crippen LogP contribution in [0, 0.1) is 23.2 Å². The molecule has 3 fully saturated rings. The molecule has 0 radical (unpaired) electrons. The van der Waals surface area contributed by atoms with Crippen LogP contribution in [0.4, 0.5) is 0 Å². The van der Waals surface area contributed by atoms with E-state index < -0.39 is 6.29 Å². The van der Waals surface area contributed by atoms with E-state index in [0.717, 1.165) is 38.7 Å². The van der Waals surface area contributed by atoms with Crippen LogP contribution in [0.5, 0.6) is 0 Å². The number of unbranched alkanes of at least 4 members (excludes halogenated alkanes) is 1. The van der Waals surface area contributed by atoms with Gasteiger partial charge in [0.15, 0.2) is 12.6 Å². The Morgan fingerprint density at radius 2 is 2.07 bits per heavy atom. The Kier molecular flexibility index (Phi) is 7.40. The van der Waals surface area contributed by atoms with Gasteiger partial charge in [0.05, 0.1) is 12.2 Å². The van der Waals surface area contributed by atoms with Crippen LogP contribution >= 0.6 is 0 Å². The quantitative estimate of drug-likeness (QED) is 0.599. The van der Waals surface area contributed by atoms with Crippen molar-refractivity contribution < 1.29 is 19.3 Å². The molecule has 0 aromatic heterocycles. The number of rotatable bonds is 8. The molecule has 0 aromatic rings. The van der Waals surface area contributed by atoms with Gasteiger partial charge < -0.3 is 19.3 Å². The lowest BCUT2D eigenvalue weighted by molar-refractivity contribution is -0.197. The van der Waals surface area contributed by atoms with Gasteiger partial charge in [0, 0.05) is 13.0 Å². The van der Waals surface area contributed by atoms with Crippen molar-refractivity contribution in [2.75, 3.05) is 6.61 Å². The highest BCUT2D eigenvalue weighted by Crippen LogP contribution is 2.47. The standard InChI is InChI=1S/C23H40O4/c1-5-6-12-23(3,4)20(27-22-9-7-8-13-25-22)11-10-17-16(2)14-19-18(17)15-21(24)26-19/h10-11,16-22,24H,5-9,12-15H2,1-4H3/t16-,17+,18-,19+,20-,21+,22?/m0/s1. The summed E-state index contributed by atoms with van der Waals surface area (Å²) >= 11 is 0. The van der Waals surface area contributed by atoms with E-state index in [9.17, 15) is 5.11 Å². The Morgan fingerprint density at radius 3 is 2.78 bits per heavy atom. The van der Waals surface area contributed by atoms with Crippen molar-refractivity contribution in [3.05, 3.63) is 12.2 Å². The summed E-state index contributed by atoms with van der Waals surface area (Å²) < 4.78 is 18.1. The zero-order valence-electron chi connectivity index (χ0n) is 17.7. The van der Waals surface area contributed by atoms with E-state index in [1.54, 1.807) is 0 Å². The highest BCUT2D eigenvalue weighted by atomic mass is 16.7. The van der Waals surface area contributed by atoms with Crippen LogP contribution in [0.3, 0.4) is 0 Å². The molecule has 0 aromatic carbocycles. The number of ether oxygens (including phenoxy) is 3. The lowest BCUT2D eigenvalue weighted by atomic mass is 9.80. The van der Waals surface area contributed by atoms with Crippen LogP contribution in [0.15, 0.2) is 12.2 Å². The number of allylic oxidation sites excluding steroid dienone is 1. The summed E-state index contributed by atoms with van der Waals surface area (Å²) in [4.78, 5) is 0. The first-order chi connectivity index (χ1) is 12.9. The second-order valence-electron chi connectivity index (χ2n) is 9.65. The van der Waals surface area contributed by atoms with Gasteiger partial charge in [0.2, 0.25) is 0 Å². The maximum atomic E-state index is 9.87. The van der Waals surface area contributed by atoms with E-state index in [-0.39, 0.29) is 23.9 Å². The first-order valence-corrected chi connectivity index (χ1v) is 11.2. The van der Waals surface area contributed by atoms with Gasteiger partial charge in [0.25, 0.3) is 0 Å². The molecule has 2 heterocycles. The Labute approximate surface area is 165 Å². The van der Waals surface area contributed by atoms with Crippen LogP contribution in [0.25, 0.3) is 0 Å². The number of aliphatic hydroxyl groups excluding tert-OH is 1. The number of hydrogen-bond donors (Lipinski definition) is 1. The number of fused-ring (bicyclic) bond motifs is 1. The van der Waals surface area contributed by atoms with E-state index in [1.807, 2.05) is 0 Å². The zero-order chi connectivity index (χ0) is 19.4. The van der Waals surface area contributed by atoms with E-state index in [4.69, 9.17) is 14.2 Å². The van der Waals surface area contributed by atoms with Crippen LogP contribution in [0.2, 0.25) is 0 Å². The van der Waals surface area contributed by atoms with E-state index in [1.165, 1.54) is 19.3 Å². The molecule has 1 unspecified atom stereocenters. The van der Waals surface area contributed by atoms with Gasteiger partial charge >= 0.3 is 0 Å². The highest BCUT2D eigenvalue weighted by molar-refractivity contribution is 5.07. The van der Waals surface area contributed by atoms with Crippen LogP contribution in [-0.2, 0) is 14.2 Å². The van der Waals surface area contributed by atoms with Gasteiger partial charge in [-0.1, -0.05) is 52.7 Å². The molecule has 1 saturated carbocycles. The minimum absolute atomic E-state index is 0.0608. The van der Waals surface area contributed by atoms with Crippen molar-refractivity contribution in [1.82, 2.24) is 0 Å². The van der Waals surface area contributed by atoms with Crippen molar-refractivity contribution in [1.29, 1.82) is 0 Å². The van der Waals surface area contributed by atoms with Crippen LogP contribution < -0.4 is 0 Å². The zero-order valence-corrected chi connectivity index (χ0v) is 17.7. The first kappa shape index (κ1) is 21.3. The third-order valence-electron chi connectivity index (χ3n) is 6.93. The van der Waals surface area contributed by atoms with Crippen molar-refractivity contribution in [2.45, 2.75) is 104 Å². The van der Waals surface area contributed by atoms with Gasteiger partial charge in [-0.25, -0.2) is 0 Å². The average Bonchev–Trinajstić information content (AvgIpc) is 3.12. The van der Waals surface area contributed by atoms with E-state index in [2.05, 4.69) is 39.8 Å². The molecule has 3 aliphatic rings. The molecule has 7 atom stereocenters. The van der Waals surface area contributed by atoms with Crippen molar-refractivity contribution >= 4 is 0 Å². The summed E-state index contributed by atoms with van der Waals surface area (Å²) in [6.07, 6.45) is 13.0. The Bertz CT molecular complexity index is 483. The Morgan fingerprint density at radius 1 is 1.26 bits per heavy atom.